The number of anilines is 2. The maximum absolute atomic E-state index is 13.7. The summed E-state index contributed by atoms with van der Waals surface area (Å²) in [7, 11) is 0. The van der Waals surface area contributed by atoms with Crippen LogP contribution >= 0.6 is 0 Å². The monoisotopic (exact) mass is 465 g/mol. The van der Waals surface area contributed by atoms with Crippen molar-refractivity contribution >= 4 is 23.2 Å². The number of carbonyl (C=O) groups excluding carboxylic acids is 1. The summed E-state index contributed by atoms with van der Waals surface area (Å²) in [5.41, 5.74) is 9.27. The zero-order valence-corrected chi connectivity index (χ0v) is 18.7. The second-order valence-electron chi connectivity index (χ2n) is 8.64. The molecule has 0 radical (unpaired) electrons. The average molecular weight is 465 g/mol. The van der Waals surface area contributed by atoms with Crippen LogP contribution in [0.4, 0.5) is 16.0 Å². The van der Waals surface area contributed by atoms with Crippen molar-refractivity contribution in [3.8, 4) is 11.5 Å². The molecule has 9 heteroatoms. The largest absolute Gasteiger partial charge is 0.383 e. The summed E-state index contributed by atoms with van der Waals surface area (Å²) in [4.78, 5) is 31.4. The van der Waals surface area contributed by atoms with Gasteiger partial charge in [0.25, 0.3) is 0 Å². The summed E-state index contributed by atoms with van der Waals surface area (Å²) in [5, 5.41) is 2.87. The molecule has 0 bridgehead atoms. The maximum Gasteiger partial charge on any atom is 0.240 e. The number of rotatable bonds is 4. The van der Waals surface area contributed by atoms with Crippen LogP contribution in [-0.2, 0) is 16.6 Å². The van der Waals surface area contributed by atoms with Gasteiger partial charge in [-0.25, -0.2) is 24.3 Å². The van der Waals surface area contributed by atoms with Crippen molar-refractivity contribution < 1.29 is 9.18 Å². The third kappa shape index (κ3) is 3.31. The molecule has 1 atom stereocenters. The Morgan fingerprint density at radius 2 is 1.91 bits per heavy atom. The molecule has 0 fully saturated rings. The van der Waals surface area contributed by atoms with E-state index in [0.29, 0.717) is 34.8 Å². The first-order chi connectivity index (χ1) is 16.9. The molecule has 172 valence electrons. The molecule has 0 aliphatic carbocycles. The minimum atomic E-state index is -1.01. The number of carbonyl (C=O) groups is 1. The Morgan fingerprint density at radius 1 is 1.09 bits per heavy atom. The molecule has 3 aromatic heterocycles. The number of nitrogens with one attached hydrogen (secondary N) is 1. The number of nitrogens with zero attached hydrogens (tertiary/aromatic N) is 5. The number of hydrogen-bond acceptors (Lipinski definition) is 6. The van der Waals surface area contributed by atoms with E-state index in [2.05, 4.69) is 20.3 Å². The van der Waals surface area contributed by atoms with Crippen LogP contribution in [0.2, 0.25) is 0 Å². The molecule has 8 nitrogen and oxygen atoms in total. The number of hydrogen-bond donors (Lipinski definition) is 2. The van der Waals surface area contributed by atoms with Crippen molar-refractivity contribution in [2.45, 2.75) is 18.8 Å². The van der Waals surface area contributed by atoms with Gasteiger partial charge >= 0.3 is 0 Å². The van der Waals surface area contributed by atoms with Crippen LogP contribution in [0, 0.1) is 5.82 Å². The van der Waals surface area contributed by atoms with Crippen molar-refractivity contribution in [3.63, 3.8) is 0 Å². The molecule has 1 amide bonds. The quantitative estimate of drug-likeness (QED) is 0.418. The van der Waals surface area contributed by atoms with Gasteiger partial charge in [-0.1, -0.05) is 42.5 Å². The minimum absolute atomic E-state index is 0.203. The second-order valence-corrected chi connectivity index (χ2v) is 8.64. The Kier molecular flexibility index (Phi) is 4.60. The van der Waals surface area contributed by atoms with E-state index < -0.39 is 5.41 Å². The van der Waals surface area contributed by atoms with E-state index in [-0.39, 0.29) is 23.4 Å². The van der Waals surface area contributed by atoms with Gasteiger partial charge in [0, 0.05) is 25.0 Å². The van der Waals surface area contributed by atoms with Gasteiger partial charge in [0.1, 0.15) is 28.6 Å². The summed E-state index contributed by atoms with van der Waals surface area (Å²) < 4.78 is 15.6. The highest BCUT2D eigenvalue weighted by Crippen LogP contribution is 2.44. The van der Waals surface area contributed by atoms with Gasteiger partial charge in [-0.15, -0.1) is 0 Å². The molecule has 35 heavy (non-hydrogen) atoms. The molecule has 3 N–H and O–H groups in total. The van der Waals surface area contributed by atoms with Crippen LogP contribution in [0.15, 0.2) is 73.2 Å². The number of amides is 1. The van der Waals surface area contributed by atoms with E-state index in [1.165, 1.54) is 12.1 Å². The molecule has 5 aromatic rings. The number of imidazole rings is 1. The fraction of sp³-hybridized carbons (Fsp3) is 0.115. The van der Waals surface area contributed by atoms with Gasteiger partial charge in [-0.2, -0.15) is 0 Å². The summed E-state index contributed by atoms with van der Waals surface area (Å²) in [6.07, 6.45) is 5.58. The Labute approximate surface area is 199 Å². The SMILES string of the molecule is CC1(c2ccccc2)C(=O)Nc2nc(-c3cn4ccnc4c(Cc4cccc(F)c4)n3)nc(N)c21. The fourth-order valence-electron chi connectivity index (χ4n) is 4.63. The number of aromatic nitrogens is 5. The summed E-state index contributed by atoms with van der Waals surface area (Å²) in [6, 6.07) is 15.8. The van der Waals surface area contributed by atoms with E-state index in [4.69, 9.17) is 10.7 Å². The summed E-state index contributed by atoms with van der Waals surface area (Å²) >= 11 is 0. The van der Waals surface area contributed by atoms with Gasteiger partial charge in [-0.3, -0.25) is 4.79 Å². The molecule has 1 aliphatic rings. The molecule has 1 unspecified atom stereocenters. The Morgan fingerprint density at radius 3 is 2.71 bits per heavy atom. The van der Waals surface area contributed by atoms with E-state index >= 15 is 0 Å². The lowest BCUT2D eigenvalue weighted by Crippen LogP contribution is -2.32. The molecule has 6 rings (SSSR count). The lowest BCUT2D eigenvalue weighted by atomic mass is 9.78. The van der Waals surface area contributed by atoms with E-state index in [1.807, 2.05) is 47.7 Å². The molecular weight excluding hydrogens is 445 g/mol. The number of benzene rings is 2. The minimum Gasteiger partial charge on any atom is -0.383 e. The molecule has 1 aliphatic heterocycles. The number of halogens is 1. The lowest BCUT2D eigenvalue weighted by molar-refractivity contribution is -0.119. The first-order valence-electron chi connectivity index (χ1n) is 11.1. The molecule has 2 aromatic carbocycles. The number of nitrogens with two attached hydrogens (primary N) is 1. The average Bonchev–Trinajstić information content (AvgIpc) is 3.43. The van der Waals surface area contributed by atoms with Crippen molar-refractivity contribution in [2.75, 3.05) is 11.1 Å². The zero-order chi connectivity index (χ0) is 24.2. The topological polar surface area (TPSA) is 111 Å². The Balaban J connectivity index is 1.47. The van der Waals surface area contributed by atoms with Crippen molar-refractivity contribution in [1.82, 2.24) is 24.3 Å². The van der Waals surface area contributed by atoms with Crippen LogP contribution in [0.5, 0.6) is 0 Å². The maximum atomic E-state index is 13.7. The number of nitrogen functional groups attached to an aromatic ring is 1. The summed E-state index contributed by atoms with van der Waals surface area (Å²) in [5.74, 6) is 0.304. The lowest BCUT2D eigenvalue weighted by Gasteiger charge is -2.23. The van der Waals surface area contributed by atoms with Crippen LogP contribution in [0.1, 0.15) is 29.3 Å². The highest BCUT2D eigenvalue weighted by atomic mass is 19.1. The third-order valence-electron chi connectivity index (χ3n) is 6.41. The highest BCUT2D eigenvalue weighted by Gasteiger charge is 2.47. The van der Waals surface area contributed by atoms with Crippen molar-refractivity contribution in [2.24, 2.45) is 0 Å². The van der Waals surface area contributed by atoms with Crippen LogP contribution < -0.4 is 11.1 Å². The first kappa shape index (κ1) is 20.9. The predicted octanol–water partition coefficient (Wildman–Crippen LogP) is 3.76. The standard InChI is InChI=1S/C26H20FN7O/c1-26(16-7-3-2-4-8-16)20-21(28)31-22(32-23(20)33-25(26)35)19-14-34-11-10-29-24(34)18(30-19)13-15-6-5-9-17(27)12-15/h2-12,14H,13H2,1H3,(H3,28,31,32,33,35). The highest BCUT2D eigenvalue weighted by molar-refractivity contribution is 6.09. The Hall–Kier alpha value is -4.66. The van der Waals surface area contributed by atoms with Gasteiger partial charge in [0.15, 0.2) is 11.5 Å². The predicted molar refractivity (Wildman–Crippen MR) is 129 cm³/mol. The molecule has 4 heterocycles. The fourth-order valence-corrected chi connectivity index (χ4v) is 4.63. The van der Waals surface area contributed by atoms with Crippen molar-refractivity contribution in [3.05, 3.63) is 101 Å². The summed E-state index contributed by atoms with van der Waals surface area (Å²) in [6.45, 7) is 1.82. The smallest absolute Gasteiger partial charge is 0.240 e. The zero-order valence-electron chi connectivity index (χ0n) is 18.7. The van der Waals surface area contributed by atoms with Crippen LogP contribution in [0.3, 0.4) is 0 Å². The van der Waals surface area contributed by atoms with E-state index in [1.54, 1.807) is 24.7 Å². The molecular formula is C26H20FN7O. The van der Waals surface area contributed by atoms with Crippen molar-refractivity contribution in [1.29, 1.82) is 0 Å². The van der Waals surface area contributed by atoms with Gasteiger partial charge in [0.2, 0.25) is 5.91 Å². The van der Waals surface area contributed by atoms with E-state index in [0.717, 1.165) is 11.1 Å². The third-order valence-corrected chi connectivity index (χ3v) is 6.41. The van der Waals surface area contributed by atoms with E-state index in [9.17, 15) is 9.18 Å². The molecule has 0 saturated carbocycles. The Bertz CT molecular complexity index is 1620. The van der Waals surface area contributed by atoms with Gasteiger partial charge < -0.3 is 15.5 Å². The first-order valence-corrected chi connectivity index (χ1v) is 11.1. The second kappa shape index (κ2) is 7.69. The van der Waals surface area contributed by atoms with Crippen LogP contribution in [0.25, 0.3) is 17.2 Å². The van der Waals surface area contributed by atoms with Crippen LogP contribution in [-0.4, -0.2) is 30.2 Å². The molecule has 0 spiro atoms. The van der Waals surface area contributed by atoms with Gasteiger partial charge in [0.05, 0.1) is 11.3 Å². The normalized spacial score (nSPS) is 16.9. The molecule has 0 saturated heterocycles. The number of fused-ring (bicyclic) bond motifs is 2. The van der Waals surface area contributed by atoms with Gasteiger partial charge in [-0.05, 0) is 30.2 Å².